The summed E-state index contributed by atoms with van der Waals surface area (Å²) in [7, 11) is 0. The molecule has 0 saturated heterocycles. The molecule has 1 nitrogen and oxygen atoms in total. The van der Waals surface area contributed by atoms with Crippen LogP contribution in [0.2, 0.25) is 0 Å². The topological polar surface area (TPSA) is 12.0 Å². The van der Waals surface area contributed by atoms with E-state index >= 15 is 0 Å². The highest BCUT2D eigenvalue weighted by molar-refractivity contribution is 5.64. The van der Waals surface area contributed by atoms with Crippen molar-refractivity contribution in [3.8, 4) is 11.1 Å². The van der Waals surface area contributed by atoms with E-state index in [1.165, 1.54) is 12.1 Å². The monoisotopic (exact) mass is 283 g/mol. The minimum Gasteiger partial charge on any atom is -0.313 e. The number of nitrogens with one attached hydrogen (secondary N) is 1. The van der Waals surface area contributed by atoms with Crippen LogP contribution in [0.1, 0.15) is 12.5 Å². The molecule has 0 atom stereocenters. The lowest BCUT2D eigenvalue weighted by Crippen LogP contribution is -2.11. The fourth-order valence-corrected chi connectivity index (χ4v) is 1.88. The zero-order valence-corrected chi connectivity index (χ0v) is 10.8. The molecule has 2 rings (SSSR count). The molecule has 0 bridgehead atoms. The highest BCUT2D eigenvalue weighted by Gasteiger charge is 2.14. The van der Waals surface area contributed by atoms with E-state index in [4.69, 9.17) is 0 Å². The molecule has 0 aromatic heterocycles. The van der Waals surface area contributed by atoms with Gasteiger partial charge in [0.25, 0.3) is 0 Å². The van der Waals surface area contributed by atoms with E-state index < -0.39 is 23.3 Å². The van der Waals surface area contributed by atoms with Crippen molar-refractivity contribution >= 4 is 0 Å². The van der Waals surface area contributed by atoms with Crippen LogP contribution in [0.25, 0.3) is 11.1 Å². The SMILES string of the molecule is CCNCc1ccc(-c2cc(F)c(F)c(F)c2)c(F)c1. The van der Waals surface area contributed by atoms with Crippen molar-refractivity contribution < 1.29 is 17.6 Å². The zero-order chi connectivity index (χ0) is 14.7. The number of rotatable bonds is 4. The molecule has 0 heterocycles. The van der Waals surface area contributed by atoms with Crippen LogP contribution < -0.4 is 5.32 Å². The fourth-order valence-electron chi connectivity index (χ4n) is 1.88. The number of benzene rings is 2. The van der Waals surface area contributed by atoms with Gasteiger partial charge in [-0.25, -0.2) is 17.6 Å². The summed E-state index contributed by atoms with van der Waals surface area (Å²) in [5.41, 5.74) is 0.716. The number of hydrogen-bond donors (Lipinski definition) is 1. The van der Waals surface area contributed by atoms with Crippen LogP contribution in [0.15, 0.2) is 30.3 Å². The predicted octanol–water partition coefficient (Wildman–Crippen LogP) is 4.02. The molecule has 5 heteroatoms. The van der Waals surface area contributed by atoms with Gasteiger partial charge < -0.3 is 5.32 Å². The summed E-state index contributed by atoms with van der Waals surface area (Å²) in [4.78, 5) is 0. The highest BCUT2D eigenvalue weighted by atomic mass is 19.2. The Morgan fingerprint density at radius 3 is 2.10 bits per heavy atom. The van der Waals surface area contributed by atoms with E-state index in [-0.39, 0.29) is 11.1 Å². The summed E-state index contributed by atoms with van der Waals surface area (Å²) < 4.78 is 53.2. The van der Waals surface area contributed by atoms with Gasteiger partial charge in [-0.2, -0.15) is 0 Å². The largest absolute Gasteiger partial charge is 0.313 e. The summed E-state index contributed by atoms with van der Waals surface area (Å²) in [6, 6.07) is 5.92. The lowest BCUT2D eigenvalue weighted by molar-refractivity contribution is 0.447. The van der Waals surface area contributed by atoms with Gasteiger partial charge in [0, 0.05) is 12.1 Å². The molecule has 0 aliphatic heterocycles. The molecule has 0 saturated carbocycles. The van der Waals surface area contributed by atoms with E-state index in [0.717, 1.165) is 24.2 Å². The smallest absolute Gasteiger partial charge is 0.194 e. The molecular formula is C15H13F4N. The second-order valence-corrected chi connectivity index (χ2v) is 4.35. The maximum Gasteiger partial charge on any atom is 0.194 e. The molecule has 0 spiro atoms. The lowest BCUT2D eigenvalue weighted by atomic mass is 10.0. The molecule has 0 radical (unpaired) electrons. The van der Waals surface area contributed by atoms with Crippen molar-refractivity contribution in [2.45, 2.75) is 13.5 Å². The average Bonchev–Trinajstić information content (AvgIpc) is 2.42. The Hall–Kier alpha value is -1.88. The van der Waals surface area contributed by atoms with Crippen molar-refractivity contribution in [3.05, 3.63) is 59.2 Å². The highest BCUT2D eigenvalue weighted by Crippen LogP contribution is 2.26. The second kappa shape index (κ2) is 6.05. The van der Waals surface area contributed by atoms with Crippen molar-refractivity contribution in [2.24, 2.45) is 0 Å². The van der Waals surface area contributed by atoms with Gasteiger partial charge in [0.05, 0.1) is 0 Å². The zero-order valence-electron chi connectivity index (χ0n) is 10.8. The van der Waals surface area contributed by atoms with Crippen LogP contribution >= 0.6 is 0 Å². The first-order valence-electron chi connectivity index (χ1n) is 6.17. The van der Waals surface area contributed by atoms with Crippen molar-refractivity contribution in [2.75, 3.05) is 6.54 Å². The summed E-state index contributed by atoms with van der Waals surface area (Å²) in [5, 5.41) is 3.04. The average molecular weight is 283 g/mol. The Balaban J connectivity index is 2.38. The van der Waals surface area contributed by atoms with Gasteiger partial charge in [-0.3, -0.25) is 0 Å². The Morgan fingerprint density at radius 1 is 0.900 bits per heavy atom. The fraction of sp³-hybridized carbons (Fsp3) is 0.200. The Morgan fingerprint density at radius 2 is 1.55 bits per heavy atom. The van der Waals surface area contributed by atoms with Crippen molar-refractivity contribution in [3.63, 3.8) is 0 Å². The molecule has 0 aliphatic rings. The van der Waals surface area contributed by atoms with E-state index in [1.807, 2.05) is 6.92 Å². The predicted molar refractivity (Wildman–Crippen MR) is 69.1 cm³/mol. The summed E-state index contributed by atoms with van der Waals surface area (Å²) >= 11 is 0. The normalized spacial score (nSPS) is 10.8. The first-order valence-corrected chi connectivity index (χ1v) is 6.17. The second-order valence-electron chi connectivity index (χ2n) is 4.35. The molecule has 0 unspecified atom stereocenters. The molecule has 0 fully saturated rings. The molecule has 20 heavy (non-hydrogen) atoms. The first-order chi connectivity index (χ1) is 9.52. The minimum absolute atomic E-state index is 0.0306. The molecular weight excluding hydrogens is 270 g/mol. The third-order valence-corrected chi connectivity index (χ3v) is 2.91. The molecule has 2 aromatic carbocycles. The summed E-state index contributed by atoms with van der Waals surface area (Å²) in [6.07, 6.45) is 0. The van der Waals surface area contributed by atoms with Crippen LogP contribution in [-0.2, 0) is 6.54 Å². The van der Waals surface area contributed by atoms with Gasteiger partial charge in [0.2, 0.25) is 0 Å². The third kappa shape index (κ3) is 2.99. The van der Waals surface area contributed by atoms with Crippen LogP contribution in [0, 0.1) is 23.3 Å². The Kier molecular flexibility index (Phi) is 4.39. The van der Waals surface area contributed by atoms with Crippen molar-refractivity contribution in [1.82, 2.24) is 5.32 Å². The number of halogens is 4. The van der Waals surface area contributed by atoms with E-state index in [0.29, 0.717) is 6.54 Å². The van der Waals surface area contributed by atoms with Crippen LogP contribution in [0.3, 0.4) is 0 Å². The summed E-state index contributed by atoms with van der Waals surface area (Å²) in [6.45, 7) is 3.17. The molecule has 1 N–H and O–H groups in total. The lowest BCUT2D eigenvalue weighted by Gasteiger charge is -2.08. The van der Waals surface area contributed by atoms with Gasteiger partial charge >= 0.3 is 0 Å². The van der Waals surface area contributed by atoms with Crippen LogP contribution in [0.5, 0.6) is 0 Å². The van der Waals surface area contributed by atoms with Crippen LogP contribution in [-0.4, -0.2) is 6.54 Å². The first kappa shape index (κ1) is 14.5. The van der Waals surface area contributed by atoms with Gasteiger partial charge in [-0.05, 0) is 35.9 Å². The van der Waals surface area contributed by atoms with Gasteiger partial charge in [-0.15, -0.1) is 0 Å². The van der Waals surface area contributed by atoms with Crippen LogP contribution in [0.4, 0.5) is 17.6 Å². The van der Waals surface area contributed by atoms with Crippen molar-refractivity contribution in [1.29, 1.82) is 0 Å². The maximum atomic E-state index is 14.0. The summed E-state index contributed by atoms with van der Waals surface area (Å²) in [5.74, 6) is -4.84. The quantitative estimate of drug-likeness (QED) is 0.660. The van der Waals surface area contributed by atoms with Gasteiger partial charge in [0.15, 0.2) is 17.5 Å². The van der Waals surface area contributed by atoms with E-state index in [1.54, 1.807) is 6.07 Å². The molecule has 0 aliphatic carbocycles. The standard InChI is InChI=1S/C15H13F4N/c1-2-20-8-9-3-4-11(12(16)5-9)10-6-13(17)15(19)14(18)7-10/h3-7,20H,2,8H2,1H3. The van der Waals surface area contributed by atoms with E-state index in [2.05, 4.69) is 5.32 Å². The van der Waals surface area contributed by atoms with Gasteiger partial charge in [0.1, 0.15) is 5.82 Å². The Bertz CT molecular complexity index is 602. The number of hydrogen-bond acceptors (Lipinski definition) is 1. The Labute approximate surface area is 114 Å². The minimum atomic E-state index is -1.56. The molecule has 2 aromatic rings. The maximum absolute atomic E-state index is 14.0. The van der Waals surface area contributed by atoms with E-state index in [9.17, 15) is 17.6 Å². The third-order valence-electron chi connectivity index (χ3n) is 2.91. The molecule has 106 valence electrons. The molecule has 0 amide bonds. The van der Waals surface area contributed by atoms with Gasteiger partial charge in [-0.1, -0.05) is 19.1 Å².